The lowest BCUT2D eigenvalue weighted by Gasteiger charge is -2.25. The van der Waals surface area contributed by atoms with Gasteiger partial charge in [-0.1, -0.05) is 5.11 Å². The van der Waals surface area contributed by atoms with Crippen molar-refractivity contribution in [2.45, 2.75) is 31.8 Å². The fourth-order valence-electron chi connectivity index (χ4n) is 1.50. The number of rotatable bonds is 4. The van der Waals surface area contributed by atoms with Crippen molar-refractivity contribution in [3.63, 3.8) is 0 Å². The quantitative estimate of drug-likeness (QED) is 0.487. The Morgan fingerprint density at radius 1 is 1.62 bits per heavy atom. The van der Waals surface area contributed by atoms with E-state index in [1.165, 1.54) is 17.8 Å². The minimum Gasteiger partial charge on any atom is -0.349 e. The van der Waals surface area contributed by atoms with Crippen LogP contribution in [0.25, 0.3) is 10.4 Å². The molecule has 0 saturated heterocycles. The first-order chi connectivity index (χ1) is 7.79. The van der Waals surface area contributed by atoms with Crippen LogP contribution in [0.3, 0.4) is 0 Å². The van der Waals surface area contributed by atoms with Gasteiger partial charge in [-0.3, -0.25) is 4.79 Å². The number of carbonyl (C=O) groups is 1. The summed E-state index contributed by atoms with van der Waals surface area (Å²) in [5, 5.41) is 6.43. The van der Waals surface area contributed by atoms with E-state index in [9.17, 15) is 4.79 Å². The van der Waals surface area contributed by atoms with E-state index in [2.05, 4.69) is 15.3 Å². The summed E-state index contributed by atoms with van der Waals surface area (Å²) >= 11 is 1.38. The molecular weight excluding hydrogens is 224 g/mol. The second kappa shape index (κ2) is 5.01. The molecule has 84 valence electrons. The van der Waals surface area contributed by atoms with E-state index in [4.69, 9.17) is 5.53 Å². The highest BCUT2D eigenvalue weighted by molar-refractivity contribution is 7.14. The van der Waals surface area contributed by atoms with Crippen LogP contribution in [0.2, 0.25) is 0 Å². The van der Waals surface area contributed by atoms with Gasteiger partial charge < -0.3 is 5.32 Å². The first-order valence-electron chi connectivity index (χ1n) is 5.20. The average Bonchev–Trinajstić information content (AvgIpc) is 2.69. The number of carbonyl (C=O) groups excluding carboxylic acids is 1. The first kappa shape index (κ1) is 11.0. The number of hydrogen-bond acceptors (Lipinski definition) is 3. The molecule has 1 fully saturated rings. The van der Waals surface area contributed by atoms with Gasteiger partial charge in [0.05, 0.1) is 11.4 Å². The molecule has 0 aromatic carbocycles. The topological polar surface area (TPSA) is 77.9 Å². The van der Waals surface area contributed by atoms with Crippen LogP contribution in [0.4, 0.5) is 0 Å². The zero-order valence-corrected chi connectivity index (χ0v) is 9.54. The monoisotopic (exact) mass is 236 g/mol. The summed E-state index contributed by atoms with van der Waals surface area (Å²) < 4.78 is 0. The summed E-state index contributed by atoms with van der Waals surface area (Å²) in [5.74, 6) is -0.0121. The van der Waals surface area contributed by atoms with Crippen molar-refractivity contribution in [3.8, 4) is 0 Å². The van der Waals surface area contributed by atoms with Crippen molar-refractivity contribution in [2.75, 3.05) is 0 Å². The van der Waals surface area contributed by atoms with Gasteiger partial charge in [-0.2, -0.15) is 0 Å². The molecule has 16 heavy (non-hydrogen) atoms. The van der Waals surface area contributed by atoms with Gasteiger partial charge in [0.15, 0.2) is 0 Å². The summed E-state index contributed by atoms with van der Waals surface area (Å²) in [7, 11) is 0. The number of nitrogens with one attached hydrogen (secondary N) is 1. The molecule has 5 nitrogen and oxygen atoms in total. The zero-order chi connectivity index (χ0) is 11.4. The molecule has 1 amide bonds. The van der Waals surface area contributed by atoms with E-state index < -0.39 is 0 Å². The Morgan fingerprint density at radius 2 is 2.44 bits per heavy atom. The Labute approximate surface area is 97.1 Å². The van der Waals surface area contributed by atoms with Gasteiger partial charge >= 0.3 is 0 Å². The summed E-state index contributed by atoms with van der Waals surface area (Å²) in [6, 6.07) is 3.96. The van der Waals surface area contributed by atoms with E-state index in [0.717, 1.165) is 17.7 Å². The average molecular weight is 236 g/mol. The van der Waals surface area contributed by atoms with E-state index in [1.807, 2.05) is 6.07 Å². The molecule has 1 aliphatic carbocycles. The molecule has 1 aromatic heterocycles. The minimum atomic E-state index is -0.0121. The molecule has 6 heteroatoms. The number of amides is 1. The molecule has 0 aliphatic heterocycles. The van der Waals surface area contributed by atoms with Crippen molar-refractivity contribution in [2.24, 2.45) is 5.11 Å². The Hall–Kier alpha value is -1.52. The number of hydrogen-bond donors (Lipinski definition) is 1. The maximum absolute atomic E-state index is 11.7. The third kappa shape index (κ3) is 2.53. The van der Waals surface area contributed by atoms with Gasteiger partial charge in [-0.15, -0.1) is 11.3 Å². The second-order valence-corrected chi connectivity index (χ2v) is 4.92. The Morgan fingerprint density at radius 3 is 3.06 bits per heavy atom. The fraction of sp³-hybridized carbons (Fsp3) is 0.500. The van der Waals surface area contributed by atoms with Crippen molar-refractivity contribution >= 4 is 17.2 Å². The lowest BCUT2D eigenvalue weighted by Crippen LogP contribution is -2.39. The lowest BCUT2D eigenvalue weighted by atomic mass is 9.93. The molecule has 1 N–H and O–H groups in total. The third-order valence-corrected chi connectivity index (χ3v) is 3.68. The predicted molar refractivity (Wildman–Crippen MR) is 62.3 cm³/mol. The van der Waals surface area contributed by atoms with Gasteiger partial charge in [0.2, 0.25) is 0 Å². The van der Waals surface area contributed by atoms with Gasteiger partial charge in [0.1, 0.15) is 0 Å². The highest BCUT2D eigenvalue weighted by Crippen LogP contribution is 2.21. The molecule has 0 bridgehead atoms. The lowest BCUT2D eigenvalue weighted by molar-refractivity contribution is 0.0921. The maximum Gasteiger partial charge on any atom is 0.261 e. The molecule has 1 heterocycles. The standard InChI is InChI=1S/C10H12N4OS/c11-14-12-6-8-4-5-9(16-8)10(15)13-7-2-1-3-7/h4-5,7H,1-3,6H2,(H,13,15). The van der Waals surface area contributed by atoms with Crippen LogP contribution in [0, 0.1) is 0 Å². The molecular formula is C10H12N4OS. The van der Waals surface area contributed by atoms with Crippen LogP contribution in [-0.4, -0.2) is 11.9 Å². The summed E-state index contributed by atoms with van der Waals surface area (Å²) in [5.41, 5.74) is 8.19. The number of thiophene rings is 1. The summed E-state index contributed by atoms with van der Waals surface area (Å²) in [4.78, 5) is 16.0. The Bertz CT molecular complexity index is 432. The fourth-order valence-corrected chi connectivity index (χ4v) is 2.32. The van der Waals surface area contributed by atoms with Crippen molar-refractivity contribution in [1.82, 2.24) is 5.32 Å². The summed E-state index contributed by atoms with van der Waals surface area (Å²) in [6.07, 6.45) is 3.38. The van der Waals surface area contributed by atoms with E-state index >= 15 is 0 Å². The SMILES string of the molecule is [N-]=[N+]=NCc1ccc(C(=O)NC2CCC2)s1. The molecule has 1 aliphatic rings. The smallest absolute Gasteiger partial charge is 0.261 e. The highest BCUT2D eigenvalue weighted by Gasteiger charge is 2.20. The third-order valence-electron chi connectivity index (χ3n) is 2.62. The number of nitrogens with zero attached hydrogens (tertiary/aromatic N) is 3. The maximum atomic E-state index is 11.7. The second-order valence-electron chi connectivity index (χ2n) is 3.76. The zero-order valence-electron chi connectivity index (χ0n) is 8.72. The van der Waals surface area contributed by atoms with E-state index in [-0.39, 0.29) is 5.91 Å². The van der Waals surface area contributed by atoms with Crippen LogP contribution in [0.5, 0.6) is 0 Å². The van der Waals surface area contributed by atoms with Crippen LogP contribution in [0.15, 0.2) is 17.2 Å². The van der Waals surface area contributed by atoms with Crippen LogP contribution >= 0.6 is 11.3 Å². The van der Waals surface area contributed by atoms with E-state index in [0.29, 0.717) is 17.5 Å². The molecule has 0 atom stereocenters. The largest absolute Gasteiger partial charge is 0.349 e. The molecule has 0 radical (unpaired) electrons. The first-order valence-corrected chi connectivity index (χ1v) is 6.01. The Kier molecular flexibility index (Phi) is 3.44. The Balaban J connectivity index is 1.94. The van der Waals surface area contributed by atoms with Crippen molar-refractivity contribution < 1.29 is 4.79 Å². The van der Waals surface area contributed by atoms with E-state index in [1.54, 1.807) is 6.07 Å². The van der Waals surface area contributed by atoms with Crippen molar-refractivity contribution in [1.29, 1.82) is 0 Å². The van der Waals surface area contributed by atoms with Crippen molar-refractivity contribution in [3.05, 3.63) is 32.3 Å². The normalized spacial score (nSPS) is 15.0. The highest BCUT2D eigenvalue weighted by atomic mass is 32.1. The molecule has 0 unspecified atom stereocenters. The molecule has 1 aromatic rings. The van der Waals surface area contributed by atoms with Gasteiger partial charge in [0.25, 0.3) is 5.91 Å². The van der Waals surface area contributed by atoms with Crippen LogP contribution in [0.1, 0.15) is 33.8 Å². The van der Waals surface area contributed by atoms with Crippen LogP contribution in [-0.2, 0) is 6.54 Å². The van der Waals surface area contributed by atoms with Crippen LogP contribution < -0.4 is 5.32 Å². The molecule has 1 saturated carbocycles. The van der Waals surface area contributed by atoms with Gasteiger partial charge in [0, 0.05) is 15.8 Å². The molecule has 0 spiro atoms. The molecule has 2 rings (SSSR count). The van der Waals surface area contributed by atoms with Gasteiger partial charge in [-0.05, 0) is 36.9 Å². The van der Waals surface area contributed by atoms with Gasteiger partial charge in [-0.25, -0.2) is 0 Å². The summed E-state index contributed by atoms with van der Waals surface area (Å²) in [6.45, 7) is 0.317. The minimum absolute atomic E-state index is 0.0121. The number of azide groups is 1. The predicted octanol–water partition coefficient (Wildman–Crippen LogP) is 2.84.